The Balaban J connectivity index is 1.84. The number of nitro groups is 1. The summed E-state index contributed by atoms with van der Waals surface area (Å²) in [5, 5.41) is 14.7. The van der Waals surface area contributed by atoms with Crippen LogP contribution in [-0.4, -0.2) is 27.0 Å². The van der Waals surface area contributed by atoms with Gasteiger partial charge >= 0.3 is 0 Å². The highest BCUT2D eigenvalue weighted by Crippen LogP contribution is 2.30. The second-order valence-electron chi connectivity index (χ2n) is 7.38. The Morgan fingerprint density at radius 3 is 2.31 bits per heavy atom. The standard InChI is InChI=1S/C23H25N3O5S/c1-16-9-11-20(17(2)13-16)25-32(29,30)19-10-12-21(22(14-19)26(27)28)24-15-23(31-3)18-7-5-4-6-8-18/h4-14,23-25H,15H2,1-3H3. The number of anilines is 2. The van der Waals surface area contributed by atoms with Crippen molar-refractivity contribution in [3.05, 3.63) is 93.5 Å². The van der Waals surface area contributed by atoms with Crippen LogP contribution in [0.4, 0.5) is 17.1 Å². The second-order valence-corrected chi connectivity index (χ2v) is 9.06. The molecule has 0 saturated heterocycles. The molecule has 168 valence electrons. The van der Waals surface area contributed by atoms with Crippen molar-refractivity contribution in [2.45, 2.75) is 24.8 Å². The van der Waals surface area contributed by atoms with Crippen LogP contribution in [0.5, 0.6) is 0 Å². The molecule has 9 heteroatoms. The van der Waals surface area contributed by atoms with Crippen molar-refractivity contribution in [1.29, 1.82) is 0 Å². The molecule has 2 N–H and O–H groups in total. The molecular formula is C23H25N3O5S. The van der Waals surface area contributed by atoms with Crippen molar-refractivity contribution in [1.82, 2.24) is 0 Å². The van der Waals surface area contributed by atoms with Gasteiger partial charge in [0.05, 0.1) is 21.6 Å². The molecule has 3 aromatic carbocycles. The Hall–Kier alpha value is -3.43. The van der Waals surface area contributed by atoms with E-state index in [1.807, 2.05) is 43.3 Å². The Kier molecular flexibility index (Phi) is 7.12. The van der Waals surface area contributed by atoms with Crippen molar-refractivity contribution in [2.75, 3.05) is 23.7 Å². The number of methoxy groups -OCH3 is 1. The number of hydrogen-bond donors (Lipinski definition) is 2. The maximum Gasteiger partial charge on any atom is 0.293 e. The van der Waals surface area contributed by atoms with E-state index in [1.54, 1.807) is 26.2 Å². The first-order valence-electron chi connectivity index (χ1n) is 9.91. The van der Waals surface area contributed by atoms with Gasteiger partial charge in [0.2, 0.25) is 0 Å². The first kappa shape index (κ1) is 23.2. The fraction of sp³-hybridized carbons (Fsp3) is 0.217. The van der Waals surface area contributed by atoms with E-state index in [0.29, 0.717) is 5.69 Å². The molecular weight excluding hydrogens is 430 g/mol. The zero-order chi connectivity index (χ0) is 23.3. The lowest BCUT2D eigenvalue weighted by atomic mass is 10.1. The maximum atomic E-state index is 12.8. The van der Waals surface area contributed by atoms with E-state index in [9.17, 15) is 18.5 Å². The van der Waals surface area contributed by atoms with Gasteiger partial charge in [0.15, 0.2) is 0 Å². The van der Waals surface area contributed by atoms with E-state index in [4.69, 9.17) is 4.74 Å². The molecule has 1 unspecified atom stereocenters. The van der Waals surface area contributed by atoms with Gasteiger partial charge in [-0.3, -0.25) is 14.8 Å². The molecule has 0 saturated carbocycles. The summed E-state index contributed by atoms with van der Waals surface area (Å²) in [6.07, 6.45) is -0.328. The van der Waals surface area contributed by atoms with Crippen LogP contribution in [0.1, 0.15) is 22.8 Å². The van der Waals surface area contributed by atoms with Crippen molar-refractivity contribution < 1.29 is 18.1 Å². The summed E-state index contributed by atoms with van der Waals surface area (Å²) in [7, 11) is -2.45. The average Bonchev–Trinajstić information content (AvgIpc) is 2.76. The molecule has 32 heavy (non-hydrogen) atoms. The summed E-state index contributed by atoms with van der Waals surface area (Å²) in [6, 6.07) is 18.6. The van der Waals surface area contributed by atoms with Crippen molar-refractivity contribution >= 4 is 27.1 Å². The van der Waals surface area contributed by atoms with Crippen LogP contribution in [-0.2, 0) is 14.8 Å². The van der Waals surface area contributed by atoms with E-state index >= 15 is 0 Å². The van der Waals surface area contributed by atoms with Crippen LogP contribution < -0.4 is 10.0 Å². The van der Waals surface area contributed by atoms with Crippen molar-refractivity contribution in [3.8, 4) is 0 Å². The highest BCUT2D eigenvalue weighted by molar-refractivity contribution is 7.92. The molecule has 0 radical (unpaired) electrons. The van der Waals surface area contributed by atoms with Gasteiger partial charge in [0.25, 0.3) is 15.7 Å². The van der Waals surface area contributed by atoms with Gasteiger partial charge in [-0.05, 0) is 43.2 Å². The monoisotopic (exact) mass is 455 g/mol. The molecule has 0 heterocycles. The van der Waals surface area contributed by atoms with E-state index in [2.05, 4.69) is 10.0 Å². The molecule has 0 amide bonds. The van der Waals surface area contributed by atoms with Crippen LogP contribution in [0, 0.1) is 24.0 Å². The quantitative estimate of drug-likeness (QED) is 0.354. The average molecular weight is 456 g/mol. The molecule has 0 bridgehead atoms. The maximum absolute atomic E-state index is 12.8. The molecule has 1 atom stereocenters. The van der Waals surface area contributed by atoms with Gasteiger partial charge in [-0.15, -0.1) is 0 Å². The molecule has 0 fully saturated rings. The van der Waals surface area contributed by atoms with Crippen LogP contribution in [0.25, 0.3) is 0 Å². The molecule has 0 aliphatic rings. The molecule has 0 aliphatic carbocycles. The van der Waals surface area contributed by atoms with Crippen LogP contribution >= 0.6 is 0 Å². The third kappa shape index (κ3) is 5.43. The number of ether oxygens (including phenoxy) is 1. The highest BCUT2D eigenvalue weighted by atomic mass is 32.2. The van der Waals surface area contributed by atoms with Crippen molar-refractivity contribution in [2.24, 2.45) is 0 Å². The summed E-state index contributed by atoms with van der Waals surface area (Å²) in [6.45, 7) is 3.97. The molecule has 0 aliphatic heterocycles. The number of benzene rings is 3. The lowest BCUT2D eigenvalue weighted by molar-refractivity contribution is -0.384. The zero-order valence-corrected chi connectivity index (χ0v) is 18.8. The number of nitrogens with one attached hydrogen (secondary N) is 2. The SMILES string of the molecule is COC(CNc1ccc(S(=O)(=O)Nc2ccc(C)cc2C)cc1[N+](=O)[O-])c1ccccc1. The summed E-state index contributed by atoms with van der Waals surface area (Å²) in [4.78, 5) is 10.9. The molecule has 3 aromatic rings. The van der Waals surface area contributed by atoms with Gasteiger partial charge in [-0.25, -0.2) is 8.42 Å². The number of nitrogens with zero attached hydrogens (tertiary/aromatic N) is 1. The minimum absolute atomic E-state index is 0.193. The molecule has 3 rings (SSSR count). The van der Waals surface area contributed by atoms with E-state index in [0.717, 1.165) is 22.8 Å². The Morgan fingerprint density at radius 1 is 1.00 bits per heavy atom. The van der Waals surface area contributed by atoms with Crippen molar-refractivity contribution in [3.63, 3.8) is 0 Å². The van der Waals surface area contributed by atoms with Crippen LogP contribution in [0.2, 0.25) is 0 Å². The van der Waals surface area contributed by atoms with Gasteiger partial charge in [0, 0.05) is 19.7 Å². The Bertz CT molecular complexity index is 1210. The van der Waals surface area contributed by atoms with Gasteiger partial charge in [0.1, 0.15) is 5.69 Å². The Morgan fingerprint density at radius 2 is 1.69 bits per heavy atom. The zero-order valence-electron chi connectivity index (χ0n) is 18.0. The lowest BCUT2D eigenvalue weighted by Gasteiger charge is -2.17. The predicted molar refractivity (Wildman–Crippen MR) is 125 cm³/mol. The van der Waals surface area contributed by atoms with Gasteiger partial charge in [-0.1, -0.05) is 48.0 Å². The summed E-state index contributed by atoms with van der Waals surface area (Å²) < 4.78 is 33.7. The third-order valence-corrected chi connectivity index (χ3v) is 6.40. The van der Waals surface area contributed by atoms with Gasteiger partial charge in [-0.2, -0.15) is 0 Å². The first-order chi connectivity index (χ1) is 15.2. The van der Waals surface area contributed by atoms with Gasteiger partial charge < -0.3 is 10.1 Å². The Labute approximate surface area is 187 Å². The number of sulfonamides is 1. The molecule has 0 aromatic heterocycles. The predicted octanol–water partition coefficient (Wildman–Crippen LogP) is 4.81. The van der Waals surface area contributed by atoms with E-state index in [-0.39, 0.29) is 28.9 Å². The normalized spacial score (nSPS) is 12.2. The number of rotatable bonds is 9. The summed E-state index contributed by atoms with van der Waals surface area (Å²) >= 11 is 0. The second kappa shape index (κ2) is 9.80. The lowest BCUT2D eigenvalue weighted by Crippen LogP contribution is -2.16. The number of hydrogen-bond acceptors (Lipinski definition) is 6. The third-order valence-electron chi connectivity index (χ3n) is 5.04. The smallest absolute Gasteiger partial charge is 0.293 e. The minimum Gasteiger partial charge on any atom is -0.377 e. The summed E-state index contributed by atoms with van der Waals surface area (Å²) in [5.41, 5.74) is 2.97. The fourth-order valence-electron chi connectivity index (χ4n) is 3.32. The summed E-state index contributed by atoms with van der Waals surface area (Å²) in [5.74, 6) is 0. The first-order valence-corrected chi connectivity index (χ1v) is 11.4. The number of nitro benzene ring substituents is 1. The molecule has 0 spiro atoms. The highest BCUT2D eigenvalue weighted by Gasteiger charge is 2.23. The van der Waals surface area contributed by atoms with Crippen LogP contribution in [0.15, 0.2) is 71.6 Å². The molecule has 8 nitrogen and oxygen atoms in total. The van der Waals surface area contributed by atoms with Crippen LogP contribution in [0.3, 0.4) is 0 Å². The fourth-order valence-corrected chi connectivity index (χ4v) is 4.47. The van der Waals surface area contributed by atoms with E-state index < -0.39 is 14.9 Å². The number of aryl methyl sites for hydroxylation is 2. The largest absolute Gasteiger partial charge is 0.377 e. The van der Waals surface area contributed by atoms with E-state index in [1.165, 1.54) is 12.1 Å². The topological polar surface area (TPSA) is 111 Å². The minimum atomic E-state index is -4.01.